The number of hydrogen-bond acceptors (Lipinski definition) is 2. The van der Waals surface area contributed by atoms with Gasteiger partial charge in [-0.05, 0) is 48.2 Å². The standard InChI is InChI=1S/C20H24Br2N2.2ClH/c21-17-9-5-15(6-10-17)13-23-19-3-1-2-4-20(19)24-14-16-7-11-18(22)12-8-16;;/h5-12,19-20,23-24H,1-4,13-14H2;2*1H/t19-,20-;;/m0../s1. The molecule has 26 heavy (non-hydrogen) atoms. The molecule has 0 bridgehead atoms. The van der Waals surface area contributed by atoms with E-state index in [4.69, 9.17) is 0 Å². The van der Waals surface area contributed by atoms with Crippen LogP contribution in [0.15, 0.2) is 57.5 Å². The second-order valence-corrected chi connectivity index (χ2v) is 8.34. The van der Waals surface area contributed by atoms with E-state index in [-0.39, 0.29) is 24.8 Å². The first kappa shape index (κ1) is 23.9. The van der Waals surface area contributed by atoms with Crippen LogP contribution in [0, 0.1) is 0 Å². The molecule has 1 saturated carbocycles. The van der Waals surface area contributed by atoms with Crippen LogP contribution in [0.1, 0.15) is 36.8 Å². The summed E-state index contributed by atoms with van der Waals surface area (Å²) in [5.41, 5.74) is 2.69. The largest absolute Gasteiger partial charge is 0.308 e. The molecule has 2 aromatic carbocycles. The van der Waals surface area contributed by atoms with Gasteiger partial charge in [0.25, 0.3) is 0 Å². The molecule has 0 spiro atoms. The molecule has 0 amide bonds. The van der Waals surface area contributed by atoms with E-state index in [9.17, 15) is 0 Å². The van der Waals surface area contributed by atoms with Gasteiger partial charge < -0.3 is 10.6 Å². The van der Waals surface area contributed by atoms with Crippen LogP contribution in [-0.2, 0) is 13.1 Å². The Morgan fingerprint density at radius 1 is 0.654 bits per heavy atom. The molecule has 2 nitrogen and oxygen atoms in total. The SMILES string of the molecule is Brc1ccc(CN[C@H]2CCCC[C@@H]2NCc2ccc(Br)cc2)cc1.Cl.Cl. The molecule has 1 fully saturated rings. The Morgan fingerprint density at radius 3 is 1.35 bits per heavy atom. The zero-order chi connectivity index (χ0) is 16.8. The minimum atomic E-state index is 0. The smallest absolute Gasteiger partial charge is 0.0224 e. The normalized spacial score (nSPS) is 19.3. The van der Waals surface area contributed by atoms with E-state index >= 15 is 0 Å². The molecular formula is C20H26Br2Cl2N2. The lowest BCUT2D eigenvalue weighted by Crippen LogP contribution is -2.49. The van der Waals surface area contributed by atoms with Gasteiger partial charge in [0.2, 0.25) is 0 Å². The van der Waals surface area contributed by atoms with Crippen molar-refractivity contribution in [2.45, 2.75) is 50.9 Å². The van der Waals surface area contributed by atoms with Crippen molar-refractivity contribution in [3.05, 3.63) is 68.6 Å². The second-order valence-electron chi connectivity index (χ2n) is 6.51. The predicted octanol–water partition coefficient (Wildman–Crippen LogP) is 6.25. The monoisotopic (exact) mass is 522 g/mol. The van der Waals surface area contributed by atoms with Crippen LogP contribution in [0.4, 0.5) is 0 Å². The first-order chi connectivity index (χ1) is 11.7. The highest BCUT2D eigenvalue weighted by molar-refractivity contribution is 9.10. The third-order valence-corrected chi connectivity index (χ3v) is 5.79. The van der Waals surface area contributed by atoms with E-state index in [1.54, 1.807) is 0 Å². The molecule has 0 saturated heterocycles. The Balaban J connectivity index is 0.00000169. The third-order valence-electron chi connectivity index (χ3n) is 4.73. The molecule has 144 valence electrons. The van der Waals surface area contributed by atoms with Crippen LogP contribution < -0.4 is 10.6 Å². The van der Waals surface area contributed by atoms with E-state index in [0.29, 0.717) is 12.1 Å². The van der Waals surface area contributed by atoms with Gasteiger partial charge >= 0.3 is 0 Å². The molecule has 0 unspecified atom stereocenters. The van der Waals surface area contributed by atoms with E-state index in [1.807, 2.05) is 0 Å². The van der Waals surface area contributed by atoms with Gasteiger partial charge in [-0.3, -0.25) is 0 Å². The second kappa shape index (κ2) is 12.4. The molecule has 2 aromatic rings. The average molecular weight is 525 g/mol. The fourth-order valence-electron chi connectivity index (χ4n) is 3.32. The molecule has 1 aliphatic carbocycles. The zero-order valence-corrected chi connectivity index (χ0v) is 19.4. The highest BCUT2D eigenvalue weighted by Crippen LogP contribution is 2.20. The van der Waals surface area contributed by atoms with Gasteiger partial charge in [-0.25, -0.2) is 0 Å². The third kappa shape index (κ3) is 7.49. The van der Waals surface area contributed by atoms with Crippen molar-refractivity contribution in [3.63, 3.8) is 0 Å². The summed E-state index contributed by atoms with van der Waals surface area (Å²) in [6.07, 6.45) is 5.17. The minimum absolute atomic E-state index is 0. The highest BCUT2D eigenvalue weighted by Gasteiger charge is 2.24. The number of rotatable bonds is 6. The van der Waals surface area contributed by atoms with E-state index in [0.717, 1.165) is 22.0 Å². The number of halogens is 4. The molecule has 2 N–H and O–H groups in total. The van der Waals surface area contributed by atoms with Crippen molar-refractivity contribution < 1.29 is 0 Å². The maximum absolute atomic E-state index is 3.77. The maximum Gasteiger partial charge on any atom is 0.0224 e. The van der Waals surface area contributed by atoms with Crippen LogP contribution in [0.25, 0.3) is 0 Å². The number of hydrogen-bond donors (Lipinski definition) is 2. The molecule has 2 atom stereocenters. The van der Waals surface area contributed by atoms with Crippen LogP contribution in [0.3, 0.4) is 0 Å². The molecule has 0 aromatic heterocycles. The van der Waals surface area contributed by atoms with Crippen LogP contribution in [0.5, 0.6) is 0 Å². The summed E-state index contributed by atoms with van der Waals surface area (Å²) in [4.78, 5) is 0. The van der Waals surface area contributed by atoms with Gasteiger partial charge in [0.1, 0.15) is 0 Å². The Morgan fingerprint density at radius 2 is 1.00 bits per heavy atom. The fourth-order valence-corrected chi connectivity index (χ4v) is 3.85. The summed E-state index contributed by atoms with van der Waals surface area (Å²) >= 11 is 6.99. The molecule has 3 rings (SSSR count). The topological polar surface area (TPSA) is 24.1 Å². The first-order valence-corrected chi connectivity index (χ1v) is 10.2. The minimum Gasteiger partial charge on any atom is -0.308 e. The van der Waals surface area contributed by atoms with Crippen LogP contribution in [-0.4, -0.2) is 12.1 Å². The highest BCUT2D eigenvalue weighted by atomic mass is 79.9. The Hall–Kier alpha value is -0.100. The van der Waals surface area contributed by atoms with Gasteiger partial charge in [0.05, 0.1) is 0 Å². The molecule has 6 heteroatoms. The lowest BCUT2D eigenvalue weighted by molar-refractivity contribution is 0.281. The van der Waals surface area contributed by atoms with Crippen molar-refractivity contribution in [1.82, 2.24) is 10.6 Å². The Labute approximate surface area is 186 Å². The van der Waals surface area contributed by atoms with E-state index < -0.39 is 0 Å². The lowest BCUT2D eigenvalue weighted by atomic mass is 9.90. The quantitative estimate of drug-likeness (QED) is 0.467. The summed E-state index contributed by atoms with van der Waals surface area (Å²) in [7, 11) is 0. The molecular weight excluding hydrogens is 499 g/mol. The van der Waals surface area contributed by atoms with Crippen LogP contribution >= 0.6 is 56.7 Å². The van der Waals surface area contributed by atoms with Crippen molar-refractivity contribution in [3.8, 4) is 0 Å². The van der Waals surface area contributed by atoms with Crippen molar-refractivity contribution in [1.29, 1.82) is 0 Å². The van der Waals surface area contributed by atoms with Gasteiger partial charge in [-0.1, -0.05) is 69.0 Å². The summed E-state index contributed by atoms with van der Waals surface area (Å²) < 4.78 is 2.27. The fraction of sp³-hybridized carbons (Fsp3) is 0.400. The van der Waals surface area contributed by atoms with Gasteiger partial charge in [-0.2, -0.15) is 0 Å². The number of nitrogens with one attached hydrogen (secondary N) is 2. The predicted molar refractivity (Wildman–Crippen MR) is 123 cm³/mol. The average Bonchev–Trinajstić information content (AvgIpc) is 2.61. The molecule has 1 aliphatic rings. The summed E-state index contributed by atoms with van der Waals surface area (Å²) in [5.74, 6) is 0. The lowest BCUT2D eigenvalue weighted by Gasteiger charge is -2.33. The molecule has 0 radical (unpaired) electrons. The van der Waals surface area contributed by atoms with Crippen molar-refractivity contribution >= 4 is 56.7 Å². The zero-order valence-electron chi connectivity index (χ0n) is 14.6. The molecule has 0 aliphatic heterocycles. The van der Waals surface area contributed by atoms with Crippen molar-refractivity contribution in [2.75, 3.05) is 0 Å². The number of benzene rings is 2. The van der Waals surface area contributed by atoms with Crippen LogP contribution in [0.2, 0.25) is 0 Å². The Kier molecular flexibility index (Phi) is 11.4. The van der Waals surface area contributed by atoms with E-state index in [2.05, 4.69) is 91.0 Å². The first-order valence-electron chi connectivity index (χ1n) is 8.66. The molecule has 0 heterocycles. The maximum atomic E-state index is 3.77. The van der Waals surface area contributed by atoms with Gasteiger partial charge in [0.15, 0.2) is 0 Å². The Bertz CT molecular complexity index is 578. The van der Waals surface area contributed by atoms with Gasteiger partial charge in [-0.15, -0.1) is 24.8 Å². The summed E-state index contributed by atoms with van der Waals surface area (Å²) in [5, 5.41) is 7.54. The summed E-state index contributed by atoms with van der Waals surface area (Å²) in [6, 6.07) is 18.3. The summed E-state index contributed by atoms with van der Waals surface area (Å²) in [6.45, 7) is 1.88. The van der Waals surface area contributed by atoms with Gasteiger partial charge in [0, 0.05) is 34.1 Å². The van der Waals surface area contributed by atoms with Crippen molar-refractivity contribution in [2.24, 2.45) is 0 Å². The van der Waals surface area contributed by atoms with E-state index in [1.165, 1.54) is 36.8 Å².